The Morgan fingerprint density at radius 2 is 2.24 bits per heavy atom. The SMILES string of the molecule is CC(C)c1csc(Nc2ccc(C#N)cn2)n1. The largest absolute Gasteiger partial charge is 0.316 e. The number of rotatable bonds is 3. The molecule has 17 heavy (non-hydrogen) atoms. The molecule has 86 valence electrons. The number of thiazole rings is 1. The summed E-state index contributed by atoms with van der Waals surface area (Å²) in [6.45, 7) is 4.22. The molecule has 2 rings (SSSR count). The molecule has 0 fully saturated rings. The van der Waals surface area contributed by atoms with Crippen molar-refractivity contribution in [3.05, 3.63) is 35.0 Å². The second-order valence-electron chi connectivity index (χ2n) is 3.90. The molecule has 0 atom stereocenters. The summed E-state index contributed by atoms with van der Waals surface area (Å²) in [6, 6.07) is 5.54. The molecular formula is C12H12N4S. The van der Waals surface area contributed by atoms with Gasteiger partial charge in [-0.05, 0) is 18.1 Å². The molecule has 0 saturated carbocycles. The van der Waals surface area contributed by atoms with Crippen molar-refractivity contribution in [2.75, 3.05) is 5.32 Å². The summed E-state index contributed by atoms with van der Waals surface area (Å²) in [5, 5.41) is 14.6. The average molecular weight is 244 g/mol. The van der Waals surface area contributed by atoms with Crippen LogP contribution in [0.2, 0.25) is 0 Å². The van der Waals surface area contributed by atoms with Crippen LogP contribution in [0.5, 0.6) is 0 Å². The minimum atomic E-state index is 0.427. The summed E-state index contributed by atoms with van der Waals surface area (Å²) >= 11 is 1.56. The Bertz CT molecular complexity index is 536. The number of nitrogens with zero attached hydrogens (tertiary/aromatic N) is 3. The lowest BCUT2D eigenvalue weighted by atomic mass is 10.2. The van der Waals surface area contributed by atoms with Gasteiger partial charge < -0.3 is 5.32 Å². The van der Waals surface area contributed by atoms with Gasteiger partial charge in [0.15, 0.2) is 5.13 Å². The van der Waals surface area contributed by atoms with Crippen LogP contribution in [0.25, 0.3) is 0 Å². The molecule has 2 heterocycles. The maximum atomic E-state index is 8.66. The first-order valence-electron chi connectivity index (χ1n) is 5.27. The van der Waals surface area contributed by atoms with E-state index in [-0.39, 0.29) is 0 Å². The topological polar surface area (TPSA) is 61.6 Å². The van der Waals surface area contributed by atoms with E-state index < -0.39 is 0 Å². The first kappa shape index (κ1) is 11.6. The molecule has 0 unspecified atom stereocenters. The van der Waals surface area contributed by atoms with Crippen LogP contribution in [-0.2, 0) is 0 Å². The molecule has 0 spiro atoms. The zero-order chi connectivity index (χ0) is 12.3. The lowest BCUT2D eigenvalue weighted by molar-refractivity contribution is 0.834. The highest BCUT2D eigenvalue weighted by Gasteiger charge is 2.05. The molecule has 0 aliphatic carbocycles. The van der Waals surface area contributed by atoms with Gasteiger partial charge in [-0.1, -0.05) is 13.8 Å². The molecule has 0 bridgehead atoms. The number of pyridine rings is 1. The summed E-state index contributed by atoms with van der Waals surface area (Å²) in [7, 11) is 0. The molecule has 2 aromatic rings. The third-order valence-corrected chi connectivity index (χ3v) is 3.02. The smallest absolute Gasteiger partial charge is 0.188 e. The fraction of sp³-hybridized carbons (Fsp3) is 0.250. The van der Waals surface area contributed by atoms with E-state index in [0.717, 1.165) is 10.8 Å². The van der Waals surface area contributed by atoms with Crippen molar-refractivity contribution >= 4 is 22.3 Å². The van der Waals surface area contributed by atoms with Gasteiger partial charge >= 0.3 is 0 Å². The molecule has 0 amide bonds. The number of hydrogen-bond donors (Lipinski definition) is 1. The standard InChI is InChI=1S/C12H12N4S/c1-8(2)10-7-17-12(15-10)16-11-4-3-9(5-13)6-14-11/h3-4,6-8H,1-2H3,(H,14,15,16). The van der Waals surface area contributed by atoms with Crippen molar-refractivity contribution in [3.8, 4) is 6.07 Å². The molecule has 1 N–H and O–H groups in total. The van der Waals surface area contributed by atoms with Crippen molar-refractivity contribution < 1.29 is 0 Å². The molecule has 0 aromatic carbocycles. The monoisotopic (exact) mass is 244 g/mol. The summed E-state index contributed by atoms with van der Waals surface area (Å²) in [4.78, 5) is 8.58. The number of nitrogens with one attached hydrogen (secondary N) is 1. The van der Waals surface area contributed by atoms with E-state index in [4.69, 9.17) is 5.26 Å². The third kappa shape index (κ3) is 2.80. The van der Waals surface area contributed by atoms with Crippen LogP contribution in [0.1, 0.15) is 31.0 Å². The van der Waals surface area contributed by atoms with Gasteiger partial charge in [-0.2, -0.15) is 5.26 Å². The van der Waals surface area contributed by atoms with Gasteiger partial charge in [0.1, 0.15) is 11.9 Å². The summed E-state index contributed by atoms with van der Waals surface area (Å²) in [6.07, 6.45) is 1.54. The quantitative estimate of drug-likeness (QED) is 0.900. The van der Waals surface area contributed by atoms with Crippen LogP contribution in [0.3, 0.4) is 0 Å². The maximum absolute atomic E-state index is 8.66. The van der Waals surface area contributed by atoms with E-state index in [1.54, 1.807) is 29.7 Å². The molecule has 0 aliphatic rings. The first-order chi connectivity index (χ1) is 8.19. The fourth-order valence-electron chi connectivity index (χ4n) is 1.25. The Morgan fingerprint density at radius 3 is 2.76 bits per heavy atom. The summed E-state index contributed by atoms with van der Waals surface area (Å²) < 4.78 is 0. The van der Waals surface area contributed by atoms with E-state index in [1.807, 2.05) is 11.4 Å². The van der Waals surface area contributed by atoms with Crippen molar-refractivity contribution in [1.29, 1.82) is 5.26 Å². The fourth-order valence-corrected chi connectivity index (χ4v) is 2.13. The molecular weight excluding hydrogens is 232 g/mol. The van der Waals surface area contributed by atoms with E-state index in [1.165, 1.54) is 0 Å². The normalized spacial score (nSPS) is 10.2. The van der Waals surface area contributed by atoms with Crippen molar-refractivity contribution in [2.45, 2.75) is 19.8 Å². The minimum absolute atomic E-state index is 0.427. The van der Waals surface area contributed by atoms with Crippen LogP contribution < -0.4 is 5.32 Å². The van der Waals surface area contributed by atoms with Crippen LogP contribution in [0.4, 0.5) is 10.9 Å². The Hall–Kier alpha value is -1.93. The Morgan fingerprint density at radius 1 is 1.41 bits per heavy atom. The number of nitriles is 1. The predicted octanol–water partition coefficient (Wildman–Crippen LogP) is 3.28. The van der Waals surface area contributed by atoms with E-state index >= 15 is 0 Å². The molecule has 0 saturated heterocycles. The van der Waals surface area contributed by atoms with Gasteiger partial charge in [-0.3, -0.25) is 0 Å². The van der Waals surface area contributed by atoms with Gasteiger partial charge in [-0.25, -0.2) is 9.97 Å². The summed E-state index contributed by atoms with van der Waals surface area (Å²) in [5.41, 5.74) is 1.63. The average Bonchev–Trinajstić information content (AvgIpc) is 2.79. The summed E-state index contributed by atoms with van der Waals surface area (Å²) in [5.74, 6) is 1.13. The van der Waals surface area contributed by atoms with Gasteiger partial charge in [0, 0.05) is 11.6 Å². The maximum Gasteiger partial charge on any atom is 0.188 e. The molecule has 4 nitrogen and oxygen atoms in total. The highest BCUT2D eigenvalue weighted by molar-refractivity contribution is 7.13. The lowest BCUT2D eigenvalue weighted by Crippen LogP contribution is -1.94. The molecule has 2 aromatic heterocycles. The van der Waals surface area contributed by atoms with Crippen molar-refractivity contribution in [3.63, 3.8) is 0 Å². The zero-order valence-corrected chi connectivity index (χ0v) is 10.5. The third-order valence-electron chi connectivity index (χ3n) is 2.24. The predicted molar refractivity (Wildman–Crippen MR) is 68.4 cm³/mol. The Labute approximate surface area is 104 Å². The Kier molecular flexibility index (Phi) is 3.35. The van der Waals surface area contributed by atoms with Gasteiger partial charge in [0.2, 0.25) is 0 Å². The van der Waals surface area contributed by atoms with Crippen LogP contribution >= 0.6 is 11.3 Å². The van der Waals surface area contributed by atoms with Crippen molar-refractivity contribution in [1.82, 2.24) is 9.97 Å². The first-order valence-corrected chi connectivity index (χ1v) is 6.15. The Balaban J connectivity index is 2.11. The van der Waals surface area contributed by atoms with Crippen LogP contribution in [-0.4, -0.2) is 9.97 Å². The van der Waals surface area contributed by atoms with Gasteiger partial charge in [0.05, 0.1) is 11.3 Å². The van der Waals surface area contributed by atoms with E-state index in [9.17, 15) is 0 Å². The van der Waals surface area contributed by atoms with E-state index in [0.29, 0.717) is 17.3 Å². The highest BCUT2D eigenvalue weighted by Crippen LogP contribution is 2.23. The van der Waals surface area contributed by atoms with E-state index in [2.05, 4.69) is 29.1 Å². The minimum Gasteiger partial charge on any atom is -0.316 e. The number of aromatic nitrogens is 2. The number of hydrogen-bond acceptors (Lipinski definition) is 5. The number of anilines is 2. The van der Waals surface area contributed by atoms with Crippen LogP contribution in [0.15, 0.2) is 23.7 Å². The molecule has 0 aliphatic heterocycles. The molecule has 0 radical (unpaired) electrons. The van der Waals surface area contributed by atoms with Crippen LogP contribution in [0, 0.1) is 11.3 Å². The zero-order valence-electron chi connectivity index (χ0n) is 9.64. The molecule has 5 heteroatoms. The highest BCUT2D eigenvalue weighted by atomic mass is 32.1. The van der Waals surface area contributed by atoms with Gasteiger partial charge in [0.25, 0.3) is 0 Å². The lowest BCUT2D eigenvalue weighted by Gasteiger charge is -2.01. The van der Waals surface area contributed by atoms with Crippen molar-refractivity contribution in [2.24, 2.45) is 0 Å². The second kappa shape index (κ2) is 4.93. The second-order valence-corrected chi connectivity index (χ2v) is 4.76. The van der Waals surface area contributed by atoms with Gasteiger partial charge in [-0.15, -0.1) is 11.3 Å².